The monoisotopic (exact) mass is 248 g/mol. The third-order valence-electron chi connectivity index (χ3n) is 3.33. The van der Waals surface area contributed by atoms with Crippen molar-refractivity contribution < 1.29 is 4.79 Å². The van der Waals surface area contributed by atoms with E-state index in [1.165, 1.54) is 6.42 Å². The largest absolute Gasteiger partial charge is 0.339 e. The van der Waals surface area contributed by atoms with Crippen molar-refractivity contribution in [1.29, 1.82) is 0 Å². The van der Waals surface area contributed by atoms with Crippen molar-refractivity contribution in [3.8, 4) is 0 Å². The lowest BCUT2D eigenvalue weighted by molar-refractivity contribution is -0.139. The third kappa shape index (κ3) is 3.95. The Balaban J connectivity index is 0.00000225. The van der Waals surface area contributed by atoms with Gasteiger partial charge >= 0.3 is 0 Å². The molecule has 0 aliphatic carbocycles. The van der Waals surface area contributed by atoms with Crippen LogP contribution in [0, 0.1) is 11.8 Å². The van der Waals surface area contributed by atoms with Crippen LogP contribution in [0.25, 0.3) is 0 Å². The van der Waals surface area contributed by atoms with Gasteiger partial charge in [-0.2, -0.15) is 0 Å². The minimum absolute atomic E-state index is 0. The maximum atomic E-state index is 12.1. The standard InChI is InChI=1S/C12H24N2O.ClH/c1-9-5-6-11(3)14(8-9)12(15)10(2)7-13-4;/h9-11,13H,5-8H2,1-4H3;1H. The Kier molecular flexibility index (Phi) is 7.00. The number of carbonyl (C=O) groups is 1. The highest BCUT2D eigenvalue weighted by Gasteiger charge is 2.29. The van der Waals surface area contributed by atoms with Crippen LogP contribution < -0.4 is 5.32 Å². The summed E-state index contributed by atoms with van der Waals surface area (Å²) in [7, 11) is 1.89. The third-order valence-corrected chi connectivity index (χ3v) is 3.33. The van der Waals surface area contributed by atoms with E-state index in [0.29, 0.717) is 17.9 Å². The second-order valence-corrected chi connectivity index (χ2v) is 4.98. The second kappa shape index (κ2) is 7.13. The van der Waals surface area contributed by atoms with Gasteiger partial charge in [-0.3, -0.25) is 4.79 Å². The van der Waals surface area contributed by atoms with Gasteiger partial charge < -0.3 is 10.2 Å². The molecule has 0 spiro atoms. The van der Waals surface area contributed by atoms with Crippen LogP contribution in [0.4, 0.5) is 0 Å². The average molecular weight is 249 g/mol. The van der Waals surface area contributed by atoms with Gasteiger partial charge in [0.15, 0.2) is 0 Å². The summed E-state index contributed by atoms with van der Waals surface area (Å²) in [5.41, 5.74) is 0. The fourth-order valence-corrected chi connectivity index (χ4v) is 2.27. The Labute approximate surface area is 105 Å². The lowest BCUT2D eigenvalue weighted by Crippen LogP contribution is -2.48. The number of likely N-dealkylation sites (tertiary alicyclic amines) is 1. The Morgan fingerprint density at radius 2 is 2.06 bits per heavy atom. The molecule has 0 aromatic rings. The highest BCUT2D eigenvalue weighted by Crippen LogP contribution is 2.22. The van der Waals surface area contributed by atoms with E-state index in [1.807, 2.05) is 14.0 Å². The Hall–Kier alpha value is -0.280. The van der Waals surface area contributed by atoms with Crippen LogP contribution in [0.3, 0.4) is 0 Å². The molecule has 1 rings (SSSR count). The van der Waals surface area contributed by atoms with Crippen LogP contribution in [0.1, 0.15) is 33.6 Å². The molecule has 16 heavy (non-hydrogen) atoms. The molecule has 0 bridgehead atoms. The molecular formula is C12H25ClN2O. The lowest BCUT2D eigenvalue weighted by atomic mass is 9.93. The van der Waals surface area contributed by atoms with Crippen LogP contribution in [-0.2, 0) is 4.79 Å². The zero-order valence-electron chi connectivity index (χ0n) is 10.8. The molecule has 0 saturated carbocycles. The topological polar surface area (TPSA) is 32.3 Å². The number of piperidine rings is 1. The first-order chi connectivity index (χ1) is 7.06. The minimum atomic E-state index is 0. The second-order valence-electron chi connectivity index (χ2n) is 4.98. The molecule has 1 aliphatic rings. The normalized spacial score (nSPS) is 27.1. The van der Waals surface area contributed by atoms with Gasteiger partial charge in [-0.1, -0.05) is 13.8 Å². The van der Waals surface area contributed by atoms with Crippen LogP contribution >= 0.6 is 12.4 Å². The SMILES string of the molecule is CNCC(C)C(=O)N1CC(C)CCC1C.Cl. The summed E-state index contributed by atoms with van der Waals surface area (Å²) >= 11 is 0. The summed E-state index contributed by atoms with van der Waals surface area (Å²) in [4.78, 5) is 14.2. The number of rotatable bonds is 3. The molecule has 0 radical (unpaired) electrons. The fourth-order valence-electron chi connectivity index (χ4n) is 2.27. The first-order valence-corrected chi connectivity index (χ1v) is 6.01. The van der Waals surface area contributed by atoms with Gasteiger partial charge in [0.1, 0.15) is 0 Å². The number of nitrogens with zero attached hydrogens (tertiary/aromatic N) is 1. The van der Waals surface area contributed by atoms with Crippen molar-refractivity contribution in [2.75, 3.05) is 20.1 Å². The van der Waals surface area contributed by atoms with Crippen LogP contribution in [0.2, 0.25) is 0 Å². The molecule has 1 amide bonds. The Morgan fingerprint density at radius 3 is 2.62 bits per heavy atom. The summed E-state index contributed by atoms with van der Waals surface area (Å²) in [6.45, 7) is 8.11. The molecule has 0 aromatic heterocycles. The maximum Gasteiger partial charge on any atom is 0.226 e. The summed E-state index contributed by atoms with van der Waals surface area (Å²) in [6.07, 6.45) is 2.41. The summed E-state index contributed by atoms with van der Waals surface area (Å²) in [5, 5.41) is 3.07. The van der Waals surface area contributed by atoms with Crippen molar-refractivity contribution in [3.05, 3.63) is 0 Å². The number of hydrogen-bond donors (Lipinski definition) is 1. The van der Waals surface area contributed by atoms with E-state index in [1.54, 1.807) is 0 Å². The minimum Gasteiger partial charge on any atom is -0.339 e. The van der Waals surface area contributed by atoms with Crippen LogP contribution in [0.5, 0.6) is 0 Å². The zero-order valence-corrected chi connectivity index (χ0v) is 11.6. The van der Waals surface area contributed by atoms with Crippen molar-refractivity contribution in [2.45, 2.75) is 39.7 Å². The van der Waals surface area contributed by atoms with Gasteiger partial charge in [0.05, 0.1) is 0 Å². The lowest BCUT2D eigenvalue weighted by Gasteiger charge is -2.38. The smallest absolute Gasteiger partial charge is 0.226 e. The van der Waals surface area contributed by atoms with E-state index < -0.39 is 0 Å². The molecule has 1 fully saturated rings. The quantitative estimate of drug-likeness (QED) is 0.828. The van der Waals surface area contributed by atoms with E-state index in [9.17, 15) is 4.79 Å². The maximum absolute atomic E-state index is 12.1. The van der Waals surface area contributed by atoms with E-state index in [-0.39, 0.29) is 18.3 Å². The van der Waals surface area contributed by atoms with Crippen molar-refractivity contribution in [2.24, 2.45) is 11.8 Å². The van der Waals surface area contributed by atoms with E-state index in [4.69, 9.17) is 0 Å². The van der Waals surface area contributed by atoms with E-state index in [0.717, 1.165) is 19.5 Å². The van der Waals surface area contributed by atoms with Crippen molar-refractivity contribution in [3.63, 3.8) is 0 Å². The van der Waals surface area contributed by atoms with Crippen LogP contribution in [-0.4, -0.2) is 37.0 Å². The van der Waals surface area contributed by atoms with E-state index in [2.05, 4.69) is 24.1 Å². The molecule has 3 atom stereocenters. The summed E-state index contributed by atoms with van der Waals surface area (Å²) in [5.74, 6) is 1.07. The van der Waals surface area contributed by atoms with Gasteiger partial charge in [0.2, 0.25) is 5.91 Å². The van der Waals surface area contributed by atoms with Gasteiger partial charge in [-0.05, 0) is 32.7 Å². The van der Waals surface area contributed by atoms with Gasteiger partial charge in [0, 0.05) is 25.0 Å². The molecular weight excluding hydrogens is 224 g/mol. The first-order valence-electron chi connectivity index (χ1n) is 6.01. The predicted molar refractivity (Wildman–Crippen MR) is 69.9 cm³/mol. The summed E-state index contributed by atoms with van der Waals surface area (Å²) in [6, 6.07) is 0.424. The average Bonchev–Trinajstić information content (AvgIpc) is 2.21. The number of hydrogen-bond acceptors (Lipinski definition) is 2. The number of nitrogens with one attached hydrogen (secondary N) is 1. The highest BCUT2D eigenvalue weighted by atomic mass is 35.5. The predicted octanol–water partition coefficient (Wildman–Crippen LogP) is 1.91. The van der Waals surface area contributed by atoms with Gasteiger partial charge in [0.25, 0.3) is 0 Å². The summed E-state index contributed by atoms with van der Waals surface area (Å²) < 4.78 is 0. The fraction of sp³-hybridized carbons (Fsp3) is 0.917. The Bertz CT molecular complexity index is 223. The molecule has 1 heterocycles. The molecule has 3 nitrogen and oxygen atoms in total. The molecule has 96 valence electrons. The number of amides is 1. The highest BCUT2D eigenvalue weighted by molar-refractivity contribution is 5.85. The van der Waals surface area contributed by atoms with Crippen molar-refractivity contribution in [1.82, 2.24) is 10.2 Å². The zero-order chi connectivity index (χ0) is 11.4. The van der Waals surface area contributed by atoms with Gasteiger partial charge in [-0.25, -0.2) is 0 Å². The first kappa shape index (κ1) is 15.7. The van der Waals surface area contributed by atoms with Crippen LogP contribution in [0.15, 0.2) is 0 Å². The van der Waals surface area contributed by atoms with E-state index >= 15 is 0 Å². The van der Waals surface area contributed by atoms with Crippen molar-refractivity contribution >= 4 is 18.3 Å². The molecule has 3 unspecified atom stereocenters. The number of carbonyl (C=O) groups excluding carboxylic acids is 1. The molecule has 4 heteroatoms. The Morgan fingerprint density at radius 1 is 1.44 bits per heavy atom. The molecule has 1 aliphatic heterocycles. The van der Waals surface area contributed by atoms with Gasteiger partial charge in [-0.15, -0.1) is 12.4 Å². The molecule has 0 aromatic carbocycles. The molecule has 1 N–H and O–H groups in total. The number of halogens is 1. The molecule has 1 saturated heterocycles.